The second-order valence-electron chi connectivity index (χ2n) is 5.95. The Bertz CT molecular complexity index is 283. The predicted molar refractivity (Wildman–Crippen MR) is 84.9 cm³/mol. The largest absolute Gasteiger partial charge is 0.355 e. The van der Waals surface area contributed by atoms with E-state index in [2.05, 4.69) is 43.2 Å². The van der Waals surface area contributed by atoms with Crippen LogP contribution < -0.4 is 10.6 Å². The predicted octanol–water partition coefficient (Wildman–Crippen LogP) is 2.14. The number of nitrogens with zero attached hydrogens (tertiary/aromatic N) is 1. The van der Waals surface area contributed by atoms with E-state index in [9.17, 15) is 4.79 Å². The minimum absolute atomic E-state index is 0.0160. The van der Waals surface area contributed by atoms with Gasteiger partial charge >= 0.3 is 0 Å². The highest BCUT2D eigenvalue weighted by molar-refractivity contribution is 5.81. The first-order chi connectivity index (χ1) is 9.63. The maximum Gasteiger partial charge on any atom is 0.237 e. The van der Waals surface area contributed by atoms with Crippen LogP contribution in [0.2, 0.25) is 0 Å². The lowest BCUT2D eigenvalue weighted by Gasteiger charge is -2.42. The molecule has 20 heavy (non-hydrogen) atoms. The highest BCUT2D eigenvalue weighted by atomic mass is 16.2. The van der Waals surface area contributed by atoms with Gasteiger partial charge in [-0.25, -0.2) is 0 Å². The highest BCUT2D eigenvalue weighted by Gasteiger charge is 2.32. The number of amides is 1. The van der Waals surface area contributed by atoms with Gasteiger partial charge < -0.3 is 10.6 Å². The van der Waals surface area contributed by atoms with E-state index < -0.39 is 0 Å². The Hall–Kier alpha value is -0.610. The van der Waals surface area contributed by atoms with E-state index in [0.717, 1.165) is 38.9 Å². The van der Waals surface area contributed by atoms with E-state index >= 15 is 0 Å². The molecule has 1 saturated heterocycles. The molecule has 1 aliphatic heterocycles. The molecule has 0 aliphatic carbocycles. The van der Waals surface area contributed by atoms with Gasteiger partial charge in [0.05, 0.1) is 6.04 Å². The van der Waals surface area contributed by atoms with Crippen molar-refractivity contribution in [2.75, 3.05) is 19.6 Å². The van der Waals surface area contributed by atoms with E-state index in [0.29, 0.717) is 12.1 Å². The first-order valence-corrected chi connectivity index (χ1v) is 8.40. The number of hydrogen-bond donors (Lipinski definition) is 2. The summed E-state index contributed by atoms with van der Waals surface area (Å²) in [6.45, 7) is 11.4. The quantitative estimate of drug-likeness (QED) is 0.671. The standard InChI is InChI=1S/C16H33N3O/c1-5-8-9-10-17-16(20)13(4)19-12-14(6-2)18-11-15(19)7-3/h13-15,18H,5-12H2,1-4H3,(H,17,20). The Balaban J connectivity index is 2.48. The molecule has 118 valence electrons. The number of nitrogens with one attached hydrogen (secondary N) is 2. The van der Waals surface area contributed by atoms with Crippen molar-refractivity contribution in [2.24, 2.45) is 0 Å². The summed E-state index contributed by atoms with van der Waals surface area (Å²) in [4.78, 5) is 14.7. The third kappa shape index (κ3) is 5.06. The van der Waals surface area contributed by atoms with Crippen LogP contribution in [0.15, 0.2) is 0 Å². The molecule has 1 amide bonds. The summed E-state index contributed by atoms with van der Waals surface area (Å²) in [5.74, 6) is 0.191. The topological polar surface area (TPSA) is 44.4 Å². The highest BCUT2D eigenvalue weighted by Crippen LogP contribution is 2.15. The fourth-order valence-corrected chi connectivity index (χ4v) is 2.90. The smallest absolute Gasteiger partial charge is 0.237 e. The van der Waals surface area contributed by atoms with Gasteiger partial charge in [-0.3, -0.25) is 9.69 Å². The van der Waals surface area contributed by atoms with Gasteiger partial charge in [0.25, 0.3) is 0 Å². The van der Waals surface area contributed by atoms with E-state index in [1.165, 1.54) is 12.8 Å². The number of hydrogen-bond acceptors (Lipinski definition) is 3. The molecule has 4 nitrogen and oxygen atoms in total. The lowest BCUT2D eigenvalue weighted by atomic mass is 10.0. The Morgan fingerprint density at radius 3 is 2.65 bits per heavy atom. The Morgan fingerprint density at radius 2 is 2.05 bits per heavy atom. The Labute approximate surface area is 124 Å². The Morgan fingerprint density at radius 1 is 1.30 bits per heavy atom. The number of unbranched alkanes of at least 4 members (excludes halogenated alkanes) is 2. The van der Waals surface area contributed by atoms with Gasteiger partial charge in [0.15, 0.2) is 0 Å². The summed E-state index contributed by atoms with van der Waals surface area (Å²) in [5.41, 5.74) is 0. The molecule has 0 aromatic rings. The molecule has 1 aliphatic rings. The molecule has 3 unspecified atom stereocenters. The molecule has 2 N–H and O–H groups in total. The average Bonchev–Trinajstić information content (AvgIpc) is 2.49. The fourth-order valence-electron chi connectivity index (χ4n) is 2.90. The van der Waals surface area contributed by atoms with Crippen LogP contribution in [0, 0.1) is 0 Å². The lowest BCUT2D eigenvalue weighted by molar-refractivity contribution is -0.127. The molecule has 0 radical (unpaired) electrons. The summed E-state index contributed by atoms with van der Waals surface area (Å²) in [6.07, 6.45) is 5.69. The van der Waals surface area contributed by atoms with Gasteiger partial charge in [-0.05, 0) is 26.2 Å². The van der Waals surface area contributed by atoms with Gasteiger partial charge in [0.2, 0.25) is 5.91 Å². The van der Waals surface area contributed by atoms with E-state index in [4.69, 9.17) is 0 Å². The maximum atomic E-state index is 12.3. The molecular formula is C16H33N3O. The summed E-state index contributed by atoms with van der Waals surface area (Å²) < 4.78 is 0. The molecule has 1 fully saturated rings. The summed E-state index contributed by atoms with van der Waals surface area (Å²) >= 11 is 0. The van der Waals surface area contributed by atoms with Crippen molar-refractivity contribution in [1.29, 1.82) is 0 Å². The van der Waals surface area contributed by atoms with Crippen LogP contribution in [0.5, 0.6) is 0 Å². The minimum Gasteiger partial charge on any atom is -0.355 e. The van der Waals surface area contributed by atoms with E-state index in [-0.39, 0.29) is 11.9 Å². The monoisotopic (exact) mass is 283 g/mol. The minimum atomic E-state index is -0.0160. The molecule has 4 heteroatoms. The van der Waals surface area contributed by atoms with Gasteiger partial charge in [0.1, 0.15) is 0 Å². The molecular weight excluding hydrogens is 250 g/mol. The number of piperazine rings is 1. The average molecular weight is 283 g/mol. The molecule has 0 bridgehead atoms. The zero-order valence-corrected chi connectivity index (χ0v) is 13.7. The molecule has 3 atom stereocenters. The molecule has 1 heterocycles. The second-order valence-corrected chi connectivity index (χ2v) is 5.95. The van der Waals surface area contributed by atoms with Crippen molar-refractivity contribution in [3.63, 3.8) is 0 Å². The van der Waals surface area contributed by atoms with Crippen molar-refractivity contribution < 1.29 is 4.79 Å². The van der Waals surface area contributed by atoms with Crippen LogP contribution in [0.1, 0.15) is 59.8 Å². The molecule has 0 aromatic carbocycles. The summed E-state index contributed by atoms with van der Waals surface area (Å²) in [7, 11) is 0. The maximum absolute atomic E-state index is 12.3. The Kier molecular flexibility index (Phi) is 8.15. The fraction of sp³-hybridized carbons (Fsp3) is 0.938. The number of rotatable bonds is 8. The zero-order chi connectivity index (χ0) is 15.0. The molecule has 0 spiro atoms. The van der Waals surface area contributed by atoms with Crippen LogP contribution in [-0.2, 0) is 4.79 Å². The van der Waals surface area contributed by atoms with Crippen LogP contribution in [0.3, 0.4) is 0 Å². The van der Waals surface area contributed by atoms with Crippen molar-refractivity contribution in [3.8, 4) is 0 Å². The number of carbonyl (C=O) groups excluding carboxylic acids is 1. The van der Waals surface area contributed by atoms with Gasteiger partial charge in [-0.1, -0.05) is 33.6 Å². The summed E-state index contributed by atoms with van der Waals surface area (Å²) in [6, 6.07) is 0.986. The normalized spacial score (nSPS) is 25.4. The summed E-state index contributed by atoms with van der Waals surface area (Å²) in [5, 5.41) is 6.67. The second kappa shape index (κ2) is 9.35. The number of carbonyl (C=O) groups is 1. The van der Waals surface area contributed by atoms with Crippen LogP contribution in [0.4, 0.5) is 0 Å². The van der Waals surface area contributed by atoms with E-state index in [1.807, 2.05) is 0 Å². The first kappa shape index (κ1) is 17.4. The van der Waals surface area contributed by atoms with E-state index in [1.54, 1.807) is 0 Å². The molecule has 1 rings (SSSR count). The zero-order valence-electron chi connectivity index (χ0n) is 13.7. The van der Waals surface area contributed by atoms with Crippen molar-refractivity contribution in [2.45, 2.75) is 77.9 Å². The SMILES string of the molecule is CCCCCNC(=O)C(C)N1CC(CC)NCC1CC. The van der Waals surface area contributed by atoms with Gasteiger partial charge in [-0.15, -0.1) is 0 Å². The van der Waals surface area contributed by atoms with Crippen LogP contribution in [0.25, 0.3) is 0 Å². The van der Waals surface area contributed by atoms with Crippen molar-refractivity contribution >= 4 is 5.91 Å². The third-order valence-electron chi connectivity index (χ3n) is 4.46. The van der Waals surface area contributed by atoms with Crippen LogP contribution in [-0.4, -0.2) is 48.6 Å². The van der Waals surface area contributed by atoms with Crippen molar-refractivity contribution in [1.82, 2.24) is 15.5 Å². The van der Waals surface area contributed by atoms with Crippen LogP contribution >= 0.6 is 0 Å². The lowest BCUT2D eigenvalue weighted by Crippen LogP contribution is -2.61. The third-order valence-corrected chi connectivity index (χ3v) is 4.46. The molecule has 0 aromatic heterocycles. The first-order valence-electron chi connectivity index (χ1n) is 8.40. The van der Waals surface area contributed by atoms with Gasteiger partial charge in [-0.2, -0.15) is 0 Å². The van der Waals surface area contributed by atoms with Gasteiger partial charge in [0, 0.05) is 31.7 Å². The molecule has 0 saturated carbocycles. The van der Waals surface area contributed by atoms with Crippen molar-refractivity contribution in [3.05, 3.63) is 0 Å².